The van der Waals surface area contributed by atoms with Crippen LogP contribution in [-0.4, -0.2) is 24.6 Å². The van der Waals surface area contributed by atoms with E-state index in [9.17, 15) is 4.39 Å². The van der Waals surface area contributed by atoms with E-state index in [-0.39, 0.29) is 5.82 Å². The van der Waals surface area contributed by atoms with Crippen LogP contribution < -0.4 is 10.6 Å². The maximum Gasteiger partial charge on any atom is 0.136 e. The van der Waals surface area contributed by atoms with E-state index in [0.717, 1.165) is 42.5 Å². The zero-order valence-corrected chi connectivity index (χ0v) is 12.0. The molecule has 2 N–H and O–H groups in total. The lowest BCUT2D eigenvalue weighted by molar-refractivity contribution is 0.476. The molecule has 1 aliphatic heterocycles. The van der Waals surface area contributed by atoms with Crippen LogP contribution in [0, 0.1) is 11.7 Å². The number of benzene rings is 1. The molecule has 0 amide bonds. The molecule has 1 aromatic carbocycles. The van der Waals surface area contributed by atoms with Gasteiger partial charge in [0, 0.05) is 31.2 Å². The molecule has 2 aromatic rings. The maximum absolute atomic E-state index is 13.5. The zero-order valence-electron chi connectivity index (χ0n) is 12.0. The molecule has 1 aromatic heterocycles. The average Bonchev–Trinajstić information content (AvgIpc) is 2.53. The Bertz CT molecular complexity index is 646. The molecule has 3 nitrogen and oxygen atoms in total. The van der Waals surface area contributed by atoms with Crippen LogP contribution in [0.4, 0.5) is 10.2 Å². The molecule has 110 valence electrons. The second kappa shape index (κ2) is 6.22. The predicted molar refractivity (Wildman–Crippen MR) is 84.8 cm³/mol. The number of pyridine rings is 1. The monoisotopic (exact) mass is 285 g/mol. The van der Waals surface area contributed by atoms with Gasteiger partial charge in [-0.05, 0) is 42.3 Å². The van der Waals surface area contributed by atoms with Crippen LogP contribution in [0.2, 0.25) is 0 Å². The fraction of sp³-hybridized carbons (Fsp3) is 0.353. The lowest BCUT2D eigenvalue weighted by Crippen LogP contribution is -2.33. The third-order valence-corrected chi connectivity index (χ3v) is 4.09. The largest absolute Gasteiger partial charge is 0.356 e. The van der Waals surface area contributed by atoms with Gasteiger partial charge in [0.2, 0.25) is 0 Å². The van der Waals surface area contributed by atoms with Crippen LogP contribution in [0.25, 0.3) is 10.8 Å². The minimum absolute atomic E-state index is 0.211. The fourth-order valence-corrected chi connectivity index (χ4v) is 2.95. The number of fused-ring (bicyclic) bond motifs is 1. The number of aromatic nitrogens is 1. The Labute approximate surface area is 124 Å². The zero-order chi connectivity index (χ0) is 14.7. The maximum atomic E-state index is 13.5. The van der Waals surface area contributed by atoms with Gasteiger partial charge in [0.1, 0.15) is 11.6 Å². The van der Waals surface area contributed by atoms with E-state index in [4.69, 9.17) is 5.73 Å². The summed E-state index contributed by atoms with van der Waals surface area (Å²) in [6.07, 6.45) is 8.23. The van der Waals surface area contributed by atoms with Gasteiger partial charge in [-0.25, -0.2) is 9.37 Å². The summed E-state index contributed by atoms with van der Waals surface area (Å²) in [7, 11) is 0. The number of allylic oxidation sites excluding steroid dienone is 1. The highest BCUT2D eigenvalue weighted by Gasteiger charge is 2.19. The lowest BCUT2D eigenvalue weighted by Gasteiger charge is -2.32. The number of nitrogens with two attached hydrogens (primary N) is 1. The SMILES string of the molecule is NC/C=C\C1CCN(c2nccc3ccc(F)cc23)CC1. The van der Waals surface area contributed by atoms with E-state index in [0.29, 0.717) is 12.5 Å². The highest BCUT2D eigenvalue weighted by atomic mass is 19.1. The highest BCUT2D eigenvalue weighted by molar-refractivity contribution is 5.92. The van der Waals surface area contributed by atoms with Crippen LogP contribution in [0.15, 0.2) is 42.6 Å². The first-order chi connectivity index (χ1) is 10.3. The first-order valence-corrected chi connectivity index (χ1v) is 7.44. The molecule has 1 saturated heterocycles. The summed E-state index contributed by atoms with van der Waals surface area (Å²) in [4.78, 5) is 6.74. The van der Waals surface area contributed by atoms with Crippen LogP contribution >= 0.6 is 0 Å². The topological polar surface area (TPSA) is 42.1 Å². The van der Waals surface area contributed by atoms with Crippen molar-refractivity contribution in [3.05, 3.63) is 48.4 Å². The third-order valence-electron chi connectivity index (χ3n) is 4.09. The lowest BCUT2D eigenvalue weighted by atomic mass is 9.96. The molecule has 21 heavy (non-hydrogen) atoms. The van der Waals surface area contributed by atoms with Gasteiger partial charge in [0.05, 0.1) is 0 Å². The van der Waals surface area contributed by atoms with Crippen molar-refractivity contribution in [2.45, 2.75) is 12.8 Å². The Balaban J connectivity index is 1.82. The normalized spacial score (nSPS) is 17.0. The molecule has 0 radical (unpaired) electrons. The fourth-order valence-electron chi connectivity index (χ4n) is 2.95. The van der Waals surface area contributed by atoms with E-state index < -0.39 is 0 Å². The van der Waals surface area contributed by atoms with Crippen molar-refractivity contribution in [3.63, 3.8) is 0 Å². The van der Waals surface area contributed by atoms with Crippen LogP contribution in [0.5, 0.6) is 0 Å². The molecule has 4 heteroatoms. The first kappa shape index (κ1) is 14.0. The average molecular weight is 285 g/mol. The van der Waals surface area contributed by atoms with Crippen molar-refractivity contribution in [3.8, 4) is 0 Å². The van der Waals surface area contributed by atoms with Gasteiger partial charge in [0.15, 0.2) is 0 Å². The van der Waals surface area contributed by atoms with Crippen molar-refractivity contribution >= 4 is 16.6 Å². The van der Waals surface area contributed by atoms with E-state index in [2.05, 4.69) is 16.0 Å². The molecule has 0 atom stereocenters. The molecule has 1 fully saturated rings. The van der Waals surface area contributed by atoms with Gasteiger partial charge >= 0.3 is 0 Å². The van der Waals surface area contributed by atoms with Crippen LogP contribution in [-0.2, 0) is 0 Å². The summed E-state index contributed by atoms with van der Waals surface area (Å²) in [5.41, 5.74) is 5.50. The molecule has 2 heterocycles. The molecule has 3 rings (SSSR count). The molecular formula is C17H20FN3. The highest BCUT2D eigenvalue weighted by Crippen LogP contribution is 2.29. The minimum atomic E-state index is -0.211. The summed E-state index contributed by atoms with van der Waals surface area (Å²) in [5, 5.41) is 1.93. The number of piperidine rings is 1. The first-order valence-electron chi connectivity index (χ1n) is 7.44. The van der Waals surface area contributed by atoms with Crippen LogP contribution in [0.3, 0.4) is 0 Å². The summed E-state index contributed by atoms with van der Waals surface area (Å²) >= 11 is 0. The number of nitrogens with zero attached hydrogens (tertiary/aromatic N) is 2. The summed E-state index contributed by atoms with van der Waals surface area (Å²) in [5.74, 6) is 1.28. The molecule has 0 aliphatic carbocycles. The van der Waals surface area contributed by atoms with Crippen molar-refractivity contribution in [1.29, 1.82) is 0 Å². The molecule has 0 spiro atoms. The van der Waals surface area contributed by atoms with Crippen molar-refractivity contribution in [2.75, 3.05) is 24.5 Å². The van der Waals surface area contributed by atoms with Crippen molar-refractivity contribution in [2.24, 2.45) is 11.7 Å². The minimum Gasteiger partial charge on any atom is -0.356 e. The van der Waals surface area contributed by atoms with E-state index in [1.54, 1.807) is 12.3 Å². The quantitative estimate of drug-likeness (QED) is 0.881. The number of anilines is 1. The second-order valence-electron chi connectivity index (χ2n) is 5.49. The standard InChI is InChI=1S/C17H20FN3/c18-15-4-3-14-5-9-20-17(16(14)12-15)21-10-6-13(7-11-21)2-1-8-19/h1-5,9,12-13H,6-8,10-11,19H2/b2-1-. The predicted octanol–water partition coefficient (Wildman–Crippen LogP) is 3.11. The second-order valence-corrected chi connectivity index (χ2v) is 5.49. The molecule has 0 saturated carbocycles. The van der Waals surface area contributed by atoms with Crippen LogP contribution in [0.1, 0.15) is 12.8 Å². The Kier molecular flexibility index (Phi) is 4.15. The van der Waals surface area contributed by atoms with E-state index in [1.807, 2.05) is 18.2 Å². The number of hydrogen-bond donors (Lipinski definition) is 1. The van der Waals surface area contributed by atoms with Gasteiger partial charge < -0.3 is 10.6 Å². The van der Waals surface area contributed by atoms with Crippen molar-refractivity contribution < 1.29 is 4.39 Å². The number of halogens is 1. The molecular weight excluding hydrogens is 265 g/mol. The summed E-state index contributed by atoms with van der Waals surface area (Å²) in [6, 6.07) is 6.82. The Morgan fingerprint density at radius 1 is 1.29 bits per heavy atom. The Morgan fingerprint density at radius 2 is 2.10 bits per heavy atom. The number of rotatable bonds is 3. The van der Waals surface area contributed by atoms with E-state index >= 15 is 0 Å². The smallest absolute Gasteiger partial charge is 0.136 e. The Morgan fingerprint density at radius 3 is 2.86 bits per heavy atom. The van der Waals surface area contributed by atoms with Gasteiger partial charge in [-0.2, -0.15) is 0 Å². The van der Waals surface area contributed by atoms with Gasteiger partial charge in [-0.15, -0.1) is 0 Å². The van der Waals surface area contributed by atoms with Gasteiger partial charge in [-0.3, -0.25) is 0 Å². The van der Waals surface area contributed by atoms with Gasteiger partial charge in [0.25, 0.3) is 0 Å². The molecule has 1 aliphatic rings. The Hall–Kier alpha value is -1.94. The summed E-state index contributed by atoms with van der Waals surface area (Å²) < 4.78 is 13.5. The summed E-state index contributed by atoms with van der Waals surface area (Å²) in [6.45, 7) is 2.49. The molecule has 0 unspecified atom stereocenters. The van der Waals surface area contributed by atoms with E-state index in [1.165, 1.54) is 6.07 Å². The number of hydrogen-bond acceptors (Lipinski definition) is 3. The third kappa shape index (κ3) is 3.05. The molecule has 0 bridgehead atoms. The van der Waals surface area contributed by atoms with Crippen molar-refractivity contribution in [1.82, 2.24) is 4.98 Å². The van der Waals surface area contributed by atoms with Gasteiger partial charge in [-0.1, -0.05) is 18.2 Å².